The Labute approximate surface area is 120 Å². The van der Waals surface area contributed by atoms with E-state index in [-0.39, 0.29) is 0 Å². The number of benzene rings is 1. The number of aromatic nitrogens is 1. The Hall–Kier alpha value is -1.77. The van der Waals surface area contributed by atoms with E-state index in [1.165, 1.54) is 11.3 Å². The summed E-state index contributed by atoms with van der Waals surface area (Å²) in [6.07, 6.45) is 0.995. The van der Waals surface area contributed by atoms with Crippen LogP contribution in [0.1, 0.15) is 60.3 Å². The van der Waals surface area contributed by atoms with E-state index in [1.54, 1.807) is 0 Å². The number of carboxylic acid groups (broad SMARTS) is 1. The van der Waals surface area contributed by atoms with Gasteiger partial charge in [0.25, 0.3) is 0 Å². The third-order valence-electron chi connectivity index (χ3n) is 3.98. The number of carboxylic acids is 1. The lowest BCUT2D eigenvalue weighted by Crippen LogP contribution is -2.06. The minimum Gasteiger partial charge on any atom is -0.478 e. The first-order valence-electron chi connectivity index (χ1n) is 7.25. The van der Waals surface area contributed by atoms with Gasteiger partial charge >= 0.3 is 5.97 Å². The summed E-state index contributed by atoms with van der Waals surface area (Å²) in [5, 5.41) is 10.7. The van der Waals surface area contributed by atoms with Crippen molar-refractivity contribution in [3.05, 3.63) is 34.5 Å². The van der Waals surface area contributed by atoms with Gasteiger partial charge in [-0.15, -0.1) is 0 Å². The van der Waals surface area contributed by atoms with Gasteiger partial charge in [0.2, 0.25) is 0 Å². The smallest absolute Gasteiger partial charge is 0.338 e. The quantitative estimate of drug-likeness (QED) is 0.891. The van der Waals surface area contributed by atoms with Crippen LogP contribution in [0.15, 0.2) is 12.1 Å². The lowest BCUT2D eigenvalue weighted by Gasteiger charge is -2.10. The molecule has 108 valence electrons. The molecule has 20 heavy (non-hydrogen) atoms. The van der Waals surface area contributed by atoms with Crippen LogP contribution in [-0.2, 0) is 6.54 Å². The van der Waals surface area contributed by atoms with Crippen LogP contribution in [0.4, 0.5) is 0 Å². The first kappa shape index (κ1) is 14.6. The highest BCUT2D eigenvalue weighted by molar-refractivity contribution is 6.05. The van der Waals surface area contributed by atoms with E-state index in [9.17, 15) is 9.90 Å². The van der Waals surface area contributed by atoms with Crippen LogP contribution in [-0.4, -0.2) is 15.6 Å². The largest absolute Gasteiger partial charge is 0.478 e. The minimum absolute atomic E-state index is 0.389. The normalized spacial score (nSPS) is 11.5. The molecule has 0 unspecified atom stereocenters. The molecule has 2 aromatic rings. The van der Waals surface area contributed by atoms with Crippen molar-refractivity contribution in [2.24, 2.45) is 0 Å². The van der Waals surface area contributed by atoms with Gasteiger partial charge in [-0.05, 0) is 37.3 Å². The van der Waals surface area contributed by atoms with Crippen molar-refractivity contribution in [1.82, 2.24) is 4.57 Å². The first-order chi connectivity index (χ1) is 9.40. The summed E-state index contributed by atoms with van der Waals surface area (Å²) in [6, 6.07) is 4.00. The molecular weight excluding hydrogens is 250 g/mol. The van der Waals surface area contributed by atoms with Crippen LogP contribution in [0, 0.1) is 13.8 Å². The molecule has 0 atom stereocenters. The fourth-order valence-electron chi connectivity index (χ4n) is 3.20. The summed E-state index contributed by atoms with van der Waals surface area (Å²) in [5.41, 5.74) is 4.64. The number of nitrogens with zero attached hydrogens (tertiary/aromatic N) is 1. The minimum atomic E-state index is -0.835. The first-order valence-corrected chi connectivity index (χ1v) is 7.25. The molecule has 0 radical (unpaired) electrons. The maximum Gasteiger partial charge on any atom is 0.338 e. The second kappa shape index (κ2) is 5.31. The van der Waals surface area contributed by atoms with E-state index in [0.29, 0.717) is 11.5 Å². The summed E-state index contributed by atoms with van der Waals surface area (Å²) in [5.74, 6) is -0.446. The molecule has 1 aromatic carbocycles. The number of aromatic carboxylic acids is 1. The van der Waals surface area contributed by atoms with Gasteiger partial charge in [0.05, 0.1) is 11.1 Å². The molecule has 0 aliphatic carbocycles. The molecule has 1 aromatic heterocycles. The topological polar surface area (TPSA) is 42.2 Å². The van der Waals surface area contributed by atoms with Crippen molar-refractivity contribution in [3.8, 4) is 0 Å². The third kappa shape index (κ3) is 2.11. The predicted octanol–water partition coefficient (Wildman–Crippen LogP) is 4.49. The fraction of sp³-hybridized carbons (Fsp3) is 0.471. The van der Waals surface area contributed by atoms with Gasteiger partial charge in [0.1, 0.15) is 0 Å². The SMILES string of the molecule is CCCn1c(C)c(C(C)C)c2ccc(C)c(C(=O)O)c21. The number of aryl methyl sites for hydroxylation is 2. The molecule has 0 fully saturated rings. The standard InChI is InChI=1S/C17H23NO2/c1-6-9-18-12(5)14(10(2)3)13-8-7-11(4)15(16(13)18)17(19)20/h7-8,10H,6,9H2,1-5H3,(H,19,20). The Morgan fingerprint density at radius 3 is 2.45 bits per heavy atom. The molecule has 2 rings (SSSR count). The number of carbonyl (C=O) groups is 1. The molecule has 0 spiro atoms. The molecule has 0 saturated heterocycles. The van der Waals surface area contributed by atoms with Crippen molar-refractivity contribution in [2.45, 2.75) is 53.5 Å². The van der Waals surface area contributed by atoms with E-state index in [1.807, 2.05) is 13.0 Å². The van der Waals surface area contributed by atoms with Gasteiger partial charge in [-0.25, -0.2) is 4.79 Å². The number of hydrogen-bond donors (Lipinski definition) is 1. The Morgan fingerprint density at radius 2 is 1.95 bits per heavy atom. The molecule has 0 bridgehead atoms. The molecule has 3 nitrogen and oxygen atoms in total. The molecule has 0 amide bonds. The zero-order valence-corrected chi connectivity index (χ0v) is 12.9. The summed E-state index contributed by atoms with van der Waals surface area (Å²) in [7, 11) is 0. The van der Waals surface area contributed by atoms with Crippen molar-refractivity contribution in [1.29, 1.82) is 0 Å². The van der Waals surface area contributed by atoms with Crippen molar-refractivity contribution >= 4 is 16.9 Å². The van der Waals surface area contributed by atoms with Gasteiger partial charge in [-0.1, -0.05) is 32.9 Å². The monoisotopic (exact) mass is 273 g/mol. The van der Waals surface area contributed by atoms with Gasteiger partial charge in [-0.3, -0.25) is 0 Å². The Morgan fingerprint density at radius 1 is 1.30 bits per heavy atom. The highest BCUT2D eigenvalue weighted by atomic mass is 16.4. The van der Waals surface area contributed by atoms with E-state index in [0.717, 1.165) is 29.4 Å². The maximum atomic E-state index is 11.7. The van der Waals surface area contributed by atoms with Crippen molar-refractivity contribution in [3.63, 3.8) is 0 Å². The number of fused-ring (bicyclic) bond motifs is 1. The average molecular weight is 273 g/mol. The maximum absolute atomic E-state index is 11.7. The van der Waals surface area contributed by atoms with Gasteiger partial charge in [0, 0.05) is 17.6 Å². The van der Waals surface area contributed by atoms with Crippen LogP contribution in [0.5, 0.6) is 0 Å². The zero-order chi connectivity index (χ0) is 15.0. The number of hydrogen-bond acceptors (Lipinski definition) is 1. The molecule has 1 heterocycles. The average Bonchev–Trinajstić information content (AvgIpc) is 2.62. The Kier molecular flexibility index (Phi) is 3.89. The number of rotatable bonds is 4. The molecule has 0 aliphatic rings. The summed E-state index contributed by atoms with van der Waals surface area (Å²) in [6.45, 7) is 11.3. The second-order valence-electron chi connectivity index (χ2n) is 5.76. The molecule has 1 N–H and O–H groups in total. The lowest BCUT2D eigenvalue weighted by molar-refractivity contribution is 0.0698. The summed E-state index contributed by atoms with van der Waals surface area (Å²) >= 11 is 0. The van der Waals surface area contributed by atoms with Crippen molar-refractivity contribution < 1.29 is 9.90 Å². The second-order valence-corrected chi connectivity index (χ2v) is 5.76. The summed E-state index contributed by atoms with van der Waals surface area (Å²) in [4.78, 5) is 11.7. The fourth-order valence-corrected chi connectivity index (χ4v) is 3.20. The van der Waals surface area contributed by atoms with E-state index < -0.39 is 5.97 Å². The van der Waals surface area contributed by atoms with E-state index in [2.05, 4.69) is 38.3 Å². The van der Waals surface area contributed by atoms with Crippen LogP contribution in [0.3, 0.4) is 0 Å². The predicted molar refractivity (Wildman–Crippen MR) is 82.8 cm³/mol. The lowest BCUT2D eigenvalue weighted by atomic mass is 9.97. The molecule has 3 heteroatoms. The molecule has 0 aliphatic heterocycles. The van der Waals surface area contributed by atoms with Crippen LogP contribution in [0.2, 0.25) is 0 Å². The van der Waals surface area contributed by atoms with Crippen LogP contribution >= 0.6 is 0 Å². The zero-order valence-electron chi connectivity index (χ0n) is 12.9. The highest BCUT2D eigenvalue weighted by Gasteiger charge is 2.22. The Bertz CT molecular complexity index is 665. The van der Waals surface area contributed by atoms with Crippen LogP contribution in [0.25, 0.3) is 10.9 Å². The molecular formula is C17H23NO2. The van der Waals surface area contributed by atoms with E-state index >= 15 is 0 Å². The third-order valence-corrected chi connectivity index (χ3v) is 3.98. The van der Waals surface area contributed by atoms with E-state index in [4.69, 9.17) is 0 Å². The summed E-state index contributed by atoms with van der Waals surface area (Å²) < 4.78 is 2.18. The van der Waals surface area contributed by atoms with Gasteiger partial charge in [-0.2, -0.15) is 0 Å². The van der Waals surface area contributed by atoms with Crippen molar-refractivity contribution in [2.75, 3.05) is 0 Å². The highest BCUT2D eigenvalue weighted by Crippen LogP contribution is 2.35. The van der Waals surface area contributed by atoms with Gasteiger partial charge in [0.15, 0.2) is 0 Å². The molecule has 0 saturated carbocycles. The van der Waals surface area contributed by atoms with Gasteiger partial charge < -0.3 is 9.67 Å². The van der Waals surface area contributed by atoms with Crippen LogP contribution < -0.4 is 0 Å². The Balaban J connectivity index is 2.97.